The first-order valence-corrected chi connectivity index (χ1v) is 6.33. The molecule has 1 heterocycles. The Morgan fingerprint density at radius 2 is 1.87 bits per heavy atom. The van der Waals surface area contributed by atoms with Crippen molar-refractivity contribution in [3.8, 4) is 0 Å². The molecule has 1 aliphatic rings. The van der Waals surface area contributed by atoms with Crippen LogP contribution in [0.3, 0.4) is 0 Å². The molecule has 0 bridgehead atoms. The molecule has 1 fully saturated rings. The van der Waals surface area contributed by atoms with Gasteiger partial charge in [-0.3, -0.25) is 4.79 Å². The second-order valence-corrected chi connectivity index (χ2v) is 5.57. The summed E-state index contributed by atoms with van der Waals surface area (Å²) in [4.78, 5) is 11.5. The lowest BCUT2D eigenvalue weighted by Gasteiger charge is -2.14. The van der Waals surface area contributed by atoms with E-state index < -0.39 is 21.3 Å². The van der Waals surface area contributed by atoms with Gasteiger partial charge in [-0.05, 0) is 12.1 Å². The molecule has 1 amide bonds. The highest BCUT2D eigenvalue weighted by Gasteiger charge is 2.43. The summed E-state index contributed by atoms with van der Waals surface area (Å²) < 4.78 is 24.0. The molecule has 1 aromatic carbocycles. The van der Waals surface area contributed by atoms with Crippen LogP contribution in [0.25, 0.3) is 0 Å². The maximum Gasteiger partial charge on any atom is 0.259 e. The van der Waals surface area contributed by atoms with Crippen LogP contribution in [0.1, 0.15) is 0 Å². The van der Waals surface area contributed by atoms with Crippen molar-refractivity contribution in [2.24, 2.45) is 0 Å². The molecule has 80 valence electrons. The lowest BCUT2D eigenvalue weighted by molar-refractivity contribution is -0.116. The predicted octanol–water partition coefficient (Wildman–Crippen LogP) is 0.970. The Balaban J connectivity index is 2.50. The smallest absolute Gasteiger partial charge is 0.259 e. The minimum absolute atomic E-state index is 0.331. The van der Waals surface area contributed by atoms with E-state index in [0.29, 0.717) is 5.69 Å². The van der Waals surface area contributed by atoms with Crippen LogP contribution in [0.15, 0.2) is 30.3 Å². The van der Waals surface area contributed by atoms with E-state index in [2.05, 4.69) is 0 Å². The second-order valence-electron chi connectivity index (χ2n) is 3.18. The highest BCUT2D eigenvalue weighted by Crippen LogP contribution is 2.26. The van der Waals surface area contributed by atoms with Gasteiger partial charge >= 0.3 is 0 Å². The van der Waals surface area contributed by atoms with Crippen molar-refractivity contribution in [1.82, 2.24) is 0 Å². The number of para-hydroxylation sites is 1. The SMILES string of the molecule is O=C1C(Cl)CS(=O)(=O)N1c1ccccc1. The summed E-state index contributed by atoms with van der Waals surface area (Å²) >= 11 is 5.62. The number of halogens is 1. The number of anilines is 1. The number of hydrogen-bond donors (Lipinski definition) is 0. The largest absolute Gasteiger partial charge is 0.272 e. The number of carbonyl (C=O) groups is 1. The summed E-state index contributed by atoms with van der Waals surface area (Å²) in [6, 6.07) is 8.20. The lowest BCUT2D eigenvalue weighted by atomic mass is 10.3. The summed E-state index contributed by atoms with van der Waals surface area (Å²) in [7, 11) is -3.59. The summed E-state index contributed by atoms with van der Waals surface area (Å²) in [5, 5.41) is -0.977. The quantitative estimate of drug-likeness (QED) is 0.693. The predicted molar refractivity (Wildman–Crippen MR) is 57.4 cm³/mol. The van der Waals surface area contributed by atoms with Gasteiger partial charge in [0.15, 0.2) is 0 Å². The summed E-state index contributed by atoms with van der Waals surface area (Å²) in [5.74, 6) is -0.912. The van der Waals surface area contributed by atoms with Crippen molar-refractivity contribution in [1.29, 1.82) is 0 Å². The first-order valence-electron chi connectivity index (χ1n) is 4.28. The Morgan fingerprint density at radius 1 is 1.27 bits per heavy atom. The van der Waals surface area contributed by atoms with E-state index in [0.717, 1.165) is 4.31 Å². The van der Waals surface area contributed by atoms with Crippen molar-refractivity contribution in [3.63, 3.8) is 0 Å². The van der Waals surface area contributed by atoms with E-state index in [-0.39, 0.29) is 5.75 Å². The van der Waals surface area contributed by atoms with Crippen molar-refractivity contribution >= 4 is 33.2 Å². The van der Waals surface area contributed by atoms with E-state index >= 15 is 0 Å². The molecule has 1 unspecified atom stereocenters. The maximum atomic E-state index is 11.6. The topological polar surface area (TPSA) is 54.5 Å². The molecule has 6 heteroatoms. The van der Waals surface area contributed by atoms with Gasteiger partial charge in [0, 0.05) is 0 Å². The number of rotatable bonds is 1. The van der Waals surface area contributed by atoms with E-state index in [1.54, 1.807) is 30.3 Å². The number of sulfonamides is 1. The molecule has 4 nitrogen and oxygen atoms in total. The summed E-state index contributed by atoms with van der Waals surface area (Å²) in [6.07, 6.45) is 0. The van der Waals surface area contributed by atoms with Crippen LogP contribution >= 0.6 is 11.6 Å². The highest BCUT2D eigenvalue weighted by atomic mass is 35.5. The standard InChI is InChI=1S/C9H8ClNO3S/c10-8-6-15(13,14)11(9(8)12)7-4-2-1-3-5-7/h1-5,8H,6H2. The van der Waals surface area contributed by atoms with E-state index in [4.69, 9.17) is 11.6 Å². The van der Waals surface area contributed by atoms with Crippen LogP contribution in [-0.4, -0.2) is 25.5 Å². The monoisotopic (exact) mass is 245 g/mol. The van der Waals surface area contributed by atoms with Crippen molar-refractivity contribution in [3.05, 3.63) is 30.3 Å². The first-order chi connectivity index (χ1) is 7.02. The van der Waals surface area contributed by atoms with Crippen molar-refractivity contribution in [2.75, 3.05) is 10.1 Å². The molecule has 1 atom stereocenters. The Labute approximate surface area is 92.5 Å². The minimum atomic E-state index is -3.59. The number of amides is 1. The molecular formula is C9H8ClNO3S. The zero-order chi connectivity index (χ0) is 11.1. The van der Waals surface area contributed by atoms with Gasteiger partial charge in [-0.15, -0.1) is 11.6 Å². The van der Waals surface area contributed by atoms with E-state index in [9.17, 15) is 13.2 Å². The molecule has 0 aliphatic carbocycles. The van der Waals surface area contributed by atoms with Gasteiger partial charge in [-0.2, -0.15) is 0 Å². The first kappa shape index (κ1) is 10.4. The third-order valence-corrected chi connectivity index (χ3v) is 4.32. The highest BCUT2D eigenvalue weighted by molar-refractivity contribution is 7.94. The number of carbonyl (C=O) groups excluding carboxylic acids is 1. The van der Waals surface area contributed by atoms with Crippen LogP contribution < -0.4 is 4.31 Å². The van der Waals surface area contributed by atoms with Crippen LogP contribution in [0.4, 0.5) is 5.69 Å². The molecule has 1 aliphatic heterocycles. The third-order valence-electron chi connectivity index (χ3n) is 2.09. The zero-order valence-corrected chi connectivity index (χ0v) is 9.20. The van der Waals surface area contributed by atoms with Crippen molar-refractivity contribution in [2.45, 2.75) is 5.38 Å². The molecule has 1 saturated heterocycles. The van der Waals surface area contributed by atoms with E-state index in [1.807, 2.05) is 0 Å². The molecule has 0 saturated carbocycles. The molecule has 0 radical (unpaired) electrons. The fourth-order valence-corrected chi connectivity index (χ4v) is 3.59. The Hall–Kier alpha value is -1.07. The van der Waals surface area contributed by atoms with Gasteiger partial charge in [0.1, 0.15) is 5.38 Å². The fourth-order valence-electron chi connectivity index (χ4n) is 1.45. The molecule has 0 aromatic heterocycles. The van der Waals surface area contributed by atoms with Gasteiger partial charge < -0.3 is 0 Å². The van der Waals surface area contributed by atoms with Crippen LogP contribution in [-0.2, 0) is 14.8 Å². The number of alkyl halides is 1. The summed E-state index contributed by atoms with van der Waals surface area (Å²) in [6.45, 7) is 0. The maximum absolute atomic E-state index is 11.6. The average Bonchev–Trinajstić information content (AvgIpc) is 2.37. The average molecular weight is 246 g/mol. The number of benzene rings is 1. The molecule has 2 rings (SSSR count). The normalized spacial score (nSPS) is 24.5. The number of nitrogens with zero attached hydrogens (tertiary/aromatic N) is 1. The van der Waals surface area contributed by atoms with Gasteiger partial charge in [0.05, 0.1) is 11.4 Å². The Kier molecular flexibility index (Phi) is 2.44. The molecule has 0 N–H and O–H groups in total. The molecule has 15 heavy (non-hydrogen) atoms. The molecular weight excluding hydrogens is 238 g/mol. The third kappa shape index (κ3) is 1.72. The number of hydrogen-bond acceptors (Lipinski definition) is 3. The molecule has 0 spiro atoms. The van der Waals surface area contributed by atoms with Gasteiger partial charge in [-0.25, -0.2) is 12.7 Å². The van der Waals surface area contributed by atoms with Gasteiger partial charge in [-0.1, -0.05) is 18.2 Å². The Morgan fingerprint density at radius 3 is 2.33 bits per heavy atom. The van der Waals surface area contributed by atoms with Gasteiger partial charge in [0.25, 0.3) is 5.91 Å². The van der Waals surface area contributed by atoms with Crippen LogP contribution in [0.2, 0.25) is 0 Å². The van der Waals surface area contributed by atoms with Crippen LogP contribution in [0, 0.1) is 0 Å². The second kappa shape index (κ2) is 3.50. The zero-order valence-electron chi connectivity index (χ0n) is 7.63. The van der Waals surface area contributed by atoms with Crippen LogP contribution in [0.5, 0.6) is 0 Å². The van der Waals surface area contributed by atoms with Crippen molar-refractivity contribution < 1.29 is 13.2 Å². The minimum Gasteiger partial charge on any atom is -0.272 e. The fraction of sp³-hybridized carbons (Fsp3) is 0.222. The van der Waals surface area contributed by atoms with Gasteiger partial charge in [0.2, 0.25) is 10.0 Å². The van der Waals surface area contributed by atoms with E-state index in [1.165, 1.54) is 0 Å². The Bertz CT molecular complexity index is 485. The lowest BCUT2D eigenvalue weighted by Crippen LogP contribution is -2.30. The molecule has 1 aromatic rings. The summed E-state index contributed by atoms with van der Waals surface area (Å²) in [5.41, 5.74) is 0.339.